The molecule has 0 N–H and O–H groups in total. The molecule has 0 bridgehead atoms. The minimum Gasteiger partial charge on any atom is -0.464 e. The molecule has 2 aromatic carbocycles. The number of furan rings is 1. The smallest absolute Gasteiger partial charge is 0.310 e. The molecule has 5 heteroatoms. The van der Waals surface area contributed by atoms with E-state index >= 15 is 0 Å². The Morgan fingerprint density at radius 1 is 1.16 bits per heavy atom. The van der Waals surface area contributed by atoms with Crippen LogP contribution in [0.15, 0.2) is 58.9 Å². The van der Waals surface area contributed by atoms with Gasteiger partial charge in [0, 0.05) is 40.9 Å². The number of benzene rings is 2. The molecule has 0 atom stereocenters. The second-order valence-corrected chi connectivity index (χ2v) is 9.27. The van der Waals surface area contributed by atoms with Gasteiger partial charge in [0.15, 0.2) is 12.4 Å². The number of ketones is 1. The van der Waals surface area contributed by atoms with Gasteiger partial charge in [0.1, 0.15) is 5.58 Å². The normalized spacial score (nSPS) is 17.6. The Kier molecular flexibility index (Phi) is 4.92. The Labute approximate surface area is 187 Å². The zero-order valence-electron chi connectivity index (χ0n) is 18.7. The third-order valence-electron chi connectivity index (χ3n) is 6.82. The van der Waals surface area contributed by atoms with E-state index in [1.165, 1.54) is 16.7 Å². The Bertz CT molecular complexity index is 1260. The van der Waals surface area contributed by atoms with Crippen molar-refractivity contribution in [1.82, 2.24) is 0 Å². The van der Waals surface area contributed by atoms with Gasteiger partial charge in [-0.25, -0.2) is 0 Å². The molecule has 0 spiro atoms. The van der Waals surface area contributed by atoms with Gasteiger partial charge in [-0.3, -0.25) is 9.59 Å². The fourth-order valence-electron chi connectivity index (χ4n) is 5.10. The molecule has 32 heavy (non-hydrogen) atoms. The maximum atomic E-state index is 12.6. The first-order chi connectivity index (χ1) is 15.3. The number of fused-ring (bicyclic) bond motifs is 3. The van der Waals surface area contributed by atoms with Crippen molar-refractivity contribution in [3.05, 3.63) is 76.7 Å². The molecule has 1 aliphatic heterocycles. The van der Waals surface area contributed by atoms with E-state index in [0.29, 0.717) is 0 Å². The largest absolute Gasteiger partial charge is 0.464 e. The molecule has 0 radical (unpaired) electrons. The number of hydrogen-bond acceptors (Lipinski definition) is 5. The lowest BCUT2D eigenvalue weighted by Gasteiger charge is -2.23. The van der Waals surface area contributed by atoms with E-state index in [4.69, 9.17) is 9.15 Å². The van der Waals surface area contributed by atoms with Crippen molar-refractivity contribution < 1.29 is 18.7 Å². The number of carbonyl (C=O) groups is 2. The summed E-state index contributed by atoms with van der Waals surface area (Å²) in [4.78, 5) is 27.1. The molecular weight excluding hydrogens is 402 g/mol. The van der Waals surface area contributed by atoms with Crippen LogP contribution in [-0.2, 0) is 39.0 Å². The minimum atomic E-state index is -0.428. The molecule has 1 aliphatic carbocycles. The molecule has 0 saturated carbocycles. The molecule has 0 unspecified atom stereocenters. The predicted octanol–water partition coefficient (Wildman–Crippen LogP) is 4.89. The van der Waals surface area contributed by atoms with Crippen molar-refractivity contribution in [2.45, 2.75) is 44.9 Å². The van der Waals surface area contributed by atoms with Crippen molar-refractivity contribution in [3.63, 3.8) is 0 Å². The molecule has 3 aromatic rings. The van der Waals surface area contributed by atoms with Crippen LogP contribution in [-0.4, -0.2) is 25.4 Å². The summed E-state index contributed by atoms with van der Waals surface area (Å²) in [6, 6.07) is 12.4. The van der Waals surface area contributed by atoms with E-state index in [2.05, 4.69) is 32.0 Å². The Morgan fingerprint density at radius 3 is 2.69 bits per heavy atom. The topological polar surface area (TPSA) is 59.8 Å². The summed E-state index contributed by atoms with van der Waals surface area (Å²) in [7, 11) is 1.96. The number of anilines is 1. The number of likely N-dealkylation sites (N-methyl/N-ethyl adjacent to an activating group) is 1. The first-order valence-corrected chi connectivity index (χ1v) is 11.1. The summed E-state index contributed by atoms with van der Waals surface area (Å²) in [5.41, 5.74) is 7.15. The number of esters is 1. The summed E-state index contributed by atoms with van der Waals surface area (Å²) in [6.45, 7) is 3.93. The van der Waals surface area contributed by atoms with E-state index in [9.17, 15) is 9.59 Å². The van der Waals surface area contributed by atoms with Gasteiger partial charge in [0.05, 0.1) is 12.7 Å². The van der Waals surface area contributed by atoms with Gasteiger partial charge in [-0.15, -0.1) is 0 Å². The molecular formula is C27H27NO4. The Balaban J connectivity index is 1.25. The quantitative estimate of drug-likeness (QED) is 0.427. The first kappa shape index (κ1) is 20.6. The van der Waals surface area contributed by atoms with Gasteiger partial charge >= 0.3 is 5.97 Å². The van der Waals surface area contributed by atoms with Crippen molar-refractivity contribution in [3.8, 4) is 0 Å². The molecule has 2 aliphatic rings. The number of ether oxygens (including phenoxy) is 1. The lowest BCUT2D eigenvalue weighted by Crippen LogP contribution is -2.25. The molecule has 0 fully saturated rings. The number of para-hydroxylation sites is 1. The van der Waals surface area contributed by atoms with Gasteiger partial charge in [-0.2, -0.15) is 0 Å². The van der Waals surface area contributed by atoms with Gasteiger partial charge in [0.25, 0.3) is 0 Å². The highest BCUT2D eigenvalue weighted by atomic mass is 16.5. The zero-order chi connectivity index (χ0) is 22.5. The van der Waals surface area contributed by atoms with Crippen LogP contribution < -0.4 is 4.90 Å². The SMILES string of the molecule is CN1C(=CC(=O)COC(=O)Cc2coc3cc4c(cc23)CCC4)C(C)(C)c2ccccc21. The average Bonchev–Trinajstić information content (AvgIpc) is 3.44. The van der Waals surface area contributed by atoms with Crippen LogP contribution in [0.1, 0.15) is 42.5 Å². The van der Waals surface area contributed by atoms with E-state index in [1.807, 2.05) is 30.1 Å². The van der Waals surface area contributed by atoms with Crippen LogP contribution in [0.25, 0.3) is 11.0 Å². The third-order valence-corrected chi connectivity index (χ3v) is 6.82. The van der Waals surface area contributed by atoms with Gasteiger partial charge in [-0.1, -0.05) is 32.0 Å². The number of hydrogen-bond donors (Lipinski definition) is 0. The van der Waals surface area contributed by atoms with Crippen LogP contribution in [0, 0.1) is 0 Å². The van der Waals surface area contributed by atoms with Gasteiger partial charge in [-0.05, 0) is 54.2 Å². The van der Waals surface area contributed by atoms with Crippen LogP contribution in [0.2, 0.25) is 0 Å². The summed E-state index contributed by atoms with van der Waals surface area (Å²) < 4.78 is 11.0. The molecule has 164 valence electrons. The number of rotatable bonds is 5. The van der Waals surface area contributed by atoms with Crippen LogP contribution in [0.3, 0.4) is 0 Å². The van der Waals surface area contributed by atoms with E-state index in [1.54, 1.807) is 12.3 Å². The standard InChI is InChI=1S/C27H27NO4/c1-27(2)22-9-4-5-10-23(22)28(3)25(27)14-20(29)16-32-26(30)13-19-15-31-24-12-18-8-6-7-17(18)11-21(19)24/h4-5,9-12,14-15H,6-8,13,16H2,1-3H3. The molecule has 2 heterocycles. The molecule has 0 amide bonds. The fourth-order valence-corrected chi connectivity index (χ4v) is 5.10. The number of carbonyl (C=O) groups excluding carboxylic acids is 2. The average molecular weight is 430 g/mol. The summed E-state index contributed by atoms with van der Waals surface area (Å²) in [6.07, 6.45) is 6.62. The molecule has 0 saturated heterocycles. The van der Waals surface area contributed by atoms with Crippen molar-refractivity contribution in [2.75, 3.05) is 18.6 Å². The second-order valence-electron chi connectivity index (χ2n) is 9.27. The van der Waals surface area contributed by atoms with Crippen molar-refractivity contribution >= 4 is 28.4 Å². The fraction of sp³-hybridized carbons (Fsp3) is 0.333. The van der Waals surface area contributed by atoms with Crippen molar-refractivity contribution in [2.24, 2.45) is 0 Å². The Hall–Kier alpha value is -3.34. The zero-order valence-corrected chi connectivity index (χ0v) is 18.7. The summed E-state index contributed by atoms with van der Waals surface area (Å²) >= 11 is 0. The van der Waals surface area contributed by atoms with E-state index in [-0.39, 0.29) is 24.2 Å². The first-order valence-electron chi connectivity index (χ1n) is 11.1. The summed E-state index contributed by atoms with van der Waals surface area (Å²) in [5.74, 6) is -0.654. The predicted molar refractivity (Wildman–Crippen MR) is 124 cm³/mol. The number of nitrogens with zero attached hydrogens (tertiary/aromatic N) is 1. The van der Waals surface area contributed by atoms with Gasteiger partial charge in [0.2, 0.25) is 0 Å². The highest BCUT2D eigenvalue weighted by Gasteiger charge is 2.38. The second kappa shape index (κ2) is 7.66. The lowest BCUT2D eigenvalue weighted by molar-refractivity contribution is -0.146. The van der Waals surface area contributed by atoms with Crippen LogP contribution >= 0.6 is 0 Å². The van der Waals surface area contributed by atoms with E-state index < -0.39 is 5.97 Å². The highest BCUT2D eigenvalue weighted by Crippen LogP contribution is 2.46. The van der Waals surface area contributed by atoms with E-state index in [0.717, 1.165) is 47.2 Å². The number of allylic oxidation sites excluding steroid dienone is 1. The third kappa shape index (κ3) is 3.42. The molecule has 5 rings (SSSR count). The summed E-state index contributed by atoms with van der Waals surface area (Å²) in [5, 5.41) is 0.961. The number of aryl methyl sites for hydroxylation is 2. The van der Waals surface area contributed by atoms with Crippen LogP contribution in [0.4, 0.5) is 5.69 Å². The monoisotopic (exact) mass is 429 g/mol. The molecule has 1 aromatic heterocycles. The maximum absolute atomic E-state index is 12.6. The molecule has 5 nitrogen and oxygen atoms in total. The lowest BCUT2D eigenvalue weighted by atomic mass is 9.83. The Morgan fingerprint density at radius 2 is 1.91 bits per heavy atom. The van der Waals surface area contributed by atoms with Crippen molar-refractivity contribution in [1.29, 1.82) is 0 Å². The van der Waals surface area contributed by atoms with Crippen LogP contribution in [0.5, 0.6) is 0 Å². The maximum Gasteiger partial charge on any atom is 0.310 e. The highest BCUT2D eigenvalue weighted by molar-refractivity contribution is 5.95. The minimum absolute atomic E-state index is 0.0898. The van der Waals surface area contributed by atoms with Gasteiger partial charge < -0.3 is 14.1 Å².